The predicted molar refractivity (Wildman–Crippen MR) is 74.5 cm³/mol. The molecule has 0 aliphatic heterocycles. The van der Waals surface area contributed by atoms with Crippen LogP contribution in [-0.4, -0.2) is 19.7 Å². The molecule has 0 heterocycles. The zero-order chi connectivity index (χ0) is 13.5. The van der Waals surface area contributed by atoms with E-state index in [0.717, 1.165) is 24.7 Å². The van der Waals surface area contributed by atoms with Crippen molar-refractivity contribution in [3.8, 4) is 5.75 Å². The monoisotopic (exact) mass is 262 g/mol. The third-order valence-electron chi connectivity index (χ3n) is 3.77. The van der Waals surface area contributed by atoms with E-state index in [0.29, 0.717) is 5.56 Å². The number of methoxy groups -OCH3 is 1. The Bertz CT molecular complexity index is 408. The molecule has 0 spiro atoms. The van der Waals surface area contributed by atoms with Gasteiger partial charge in [-0.2, -0.15) is 0 Å². The third kappa shape index (κ3) is 4.27. The first-order valence-electron chi connectivity index (χ1n) is 7.11. The molecule has 0 amide bonds. The lowest BCUT2D eigenvalue weighted by atomic mass is 9.87. The highest BCUT2D eigenvalue weighted by Crippen LogP contribution is 2.26. The van der Waals surface area contributed by atoms with Gasteiger partial charge < -0.3 is 9.47 Å². The Hall–Kier alpha value is -1.51. The second-order valence-corrected chi connectivity index (χ2v) is 5.16. The van der Waals surface area contributed by atoms with Gasteiger partial charge in [-0.15, -0.1) is 0 Å². The van der Waals surface area contributed by atoms with Crippen LogP contribution >= 0.6 is 0 Å². The van der Waals surface area contributed by atoms with E-state index in [1.54, 1.807) is 12.1 Å². The number of carbonyl (C=O) groups excluding carboxylic acids is 1. The molecule has 1 aliphatic carbocycles. The molecule has 1 aliphatic rings. The van der Waals surface area contributed by atoms with E-state index in [-0.39, 0.29) is 5.97 Å². The van der Waals surface area contributed by atoms with Crippen LogP contribution < -0.4 is 4.74 Å². The van der Waals surface area contributed by atoms with Crippen LogP contribution in [0.4, 0.5) is 0 Å². The van der Waals surface area contributed by atoms with Crippen LogP contribution in [0.2, 0.25) is 0 Å². The summed E-state index contributed by atoms with van der Waals surface area (Å²) in [6, 6.07) is 7.18. The Morgan fingerprint density at radius 3 is 2.79 bits per heavy atom. The maximum absolute atomic E-state index is 11.4. The van der Waals surface area contributed by atoms with Gasteiger partial charge in [0.25, 0.3) is 0 Å². The van der Waals surface area contributed by atoms with Crippen molar-refractivity contribution in [2.75, 3.05) is 13.7 Å². The van der Waals surface area contributed by atoms with Gasteiger partial charge in [-0.1, -0.05) is 38.2 Å². The molecule has 1 aromatic rings. The smallest absolute Gasteiger partial charge is 0.337 e. The number of ether oxygens (including phenoxy) is 2. The zero-order valence-corrected chi connectivity index (χ0v) is 11.6. The van der Waals surface area contributed by atoms with Crippen LogP contribution in [0.5, 0.6) is 5.75 Å². The fourth-order valence-corrected chi connectivity index (χ4v) is 2.65. The van der Waals surface area contributed by atoms with E-state index >= 15 is 0 Å². The van der Waals surface area contributed by atoms with Crippen LogP contribution in [0.15, 0.2) is 24.3 Å². The average molecular weight is 262 g/mol. The molecule has 0 atom stereocenters. The molecule has 0 N–H and O–H groups in total. The van der Waals surface area contributed by atoms with Crippen LogP contribution in [0.25, 0.3) is 0 Å². The zero-order valence-electron chi connectivity index (χ0n) is 11.6. The van der Waals surface area contributed by atoms with Crippen molar-refractivity contribution in [3.63, 3.8) is 0 Å². The molecule has 0 radical (unpaired) electrons. The summed E-state index contributed by atoms with van der Waals surface area (Å²) in [5, 5.41) is 0. The fraction of sp³-hybridized carbons (Fsp3) is 0.562. The minimum Gasteiger partial charge on any atom is -0.494 e. The first kappa shape index (κ1) is 13.9. The van der Waals surface area contributed by atoms with Gasteiger partial charge in [-0.25, -0.2) is 4.79 Å². The van der Waals surface area contributed by atoms with Crippen molar-refractivity contribution < 1.29 is 14.3 Å². The number of carbonyl (C=O) groups is 1. The van der Waals surface area contributed by atoms with Gasteiger partial charge in [0.05, 0.1) is 19.3 Å². The molecule has 104 valence electrons. The fourth-order valence-electron chi connectivity index (χ4n) is 2.65. The van der Waals surface area contributed by atoms with E-state index in [2.05, 4.69) is 0 Å². The molecule has 0 unspecified atom stereocenters. The van der Waals surface area contributed by atoms with Gasteiger partial charge in [0.2, 0.25) is 0 Å². The first-order valence-corrected chi connectivity index (χ1v) is 7.11. The topological polar surface area (TPSA) is 35.5 Å². The molecular weight excluding hydrogens is 240 g/mol. The number of esters is 1. The summed E-state index contributed by atoms with van der Waals surface area (Å²) in [4.78, 5) is 11.4. The number of benzene rings is 1. The summed E-state index contributed by atoms with van der Waals surface area (Å²) in [6.45, 7) is 0.731. The van der Waals surface area contributed by atoms with Gasteiger partial charge in [-0.05, 0) is 30.5 Å². The second kappa shape index (κ2) is 7.17. The maximum atomic E-state index is 11.4. The highest BCUT2D eigenvalue weighted by atomic mass is 16.5. The van der Waals surface area contributed by atoms with Crippen LogP contribution in [0.1, 0.15) is 48.9 Å². The summed E-state index contributed by atoms with van der Waals surface area (Å²) in [5.74, 6) is 1.24. The molecule has 1 aromatic carbocycles. The summed E-state index contributed by atoms with van der Waals surface area (Å²) >= 11 is 0. The van der Waals surface area contributed by atoms with Gasteiger partial charge >= 0.3 is 5.97 Å². The van der Waals surface area contributed by atoms with Gasteiger partial charge in [0, 0.05) is 0 Å². The summed E-state index contributed by atoms with van der Waals surface area (Å²) in [6.07, 6.45) is 7.91. The Kier molecular flexibility index (Phi) is 5.25. The third-order valence-corrected chi connectivity index (χ3v) is 3.77. The number of rotatable bonds is 5. The molecule has 0 bridgehead atoms. The average Bonchev–Trinajstić information content (AvgIpc) is 2.48. The Morgan fingerprint density at radius 1 is 1.26 bits per heavy atom. The summed E-state index contributed by atoms with van der Waals surface area (Å²) < 4.78 is 10.4. The lowest BCUT2D eigenvalue weighted by Crippen LogP contribution is -2.11. The lowest BCUT2D eigenvalue weighted by molar-refractivity contribution is 0.0600. The normalized spacial score (nSPS) is 16.1. The van der Waals surface area contributed by atoms with Crippen molar-refractivity contribution in [3.05, 3.63) is 29.8 Å². The molecule has 1 saturated carbocycles. The van der Waals surface area contributed by atoms with Crippen molar-refractivity contribution in [2.45, 2.75) is 38.5 Å². The van der Waals surface area contributed by atoms with E-state index in [4.69, 9.17) is 9.47 Å². The quantitative estimate of drug-likeness (QED) is 0.757. The minimum absolute atomic E-state index is 0.322. The Labute approximate surface area is 114 Å². The summed E-state index contributed by atoms with van der Waals surface area (Å²) in [7, 11) is 1.39. The first-order chi connectivity index (χ1) is 9.29. The molecule has 3 nitrogen and oxygen atoms in total. The summed E-state index contributed by atoms with van der Waals surface area (Å²) in [5.41, 5.74) is 0.540. The molecule has 2 rings (SSSR count). The molecule has 3 heteroatoms. The highest BCUT2D eigenvalue weighted by Gasteiger charge is 2.13. The predicted octanol–water partition coefficient (Wildman–Crippen LogP) is 3.82. The highest BCUT2D eigenvalue weighted by molar-refractivity contribution is 5.89. The minimum atomic E-state index is -0.322. The Morgan fingerprint density at radius 2 is 2.05 bits per heavy atom. The standard InChI is InChI=1S/C16H22O3/c1-18-16(17)14-8-5-9-15(12-14)19-11-10-13-6-3-2-4-7-13/h5,8-9,12-13H,2-4,6-7,10-11H2,1H3. The van der Waals surface area contributed by atoms with Gasteiger partial charge in [0.1, 0.15) is 5.75 Å². The lowest BCUT2D eigenvalue weighted by Gasteiger charge is -2.21. The van der Waals surface area contributed by atoms with Crippen molar-refractivity contribution >= 4 is 5.97 Å². The van der Waals surface area contributed by atoms with Crippen LogP contribution in [-0.2, 0) is 4.74 Å². The van der Waals surface area contributed by atoms with Gasteiger partial charge in [0.15, 0.2) is 0 Å². The van der Waals surface area contributed by atoms with Gasteiger partial charge in [-0.3, -0.25) is 0 Å². The SMILES string of the molecule is COC(=O)c1cccc(OCCC2CCCCC2)c1. The Balaban J connectivity index is 1.80. The van der Waals surface area contributed by atoms with Crippen molar-refractivity contribution in [1.82, 2.24) is 0 Å². The van der Waals surface area contributed by atoms with Crippen molar-refractivity contribution in [2.24, 2.45) is 5.92 Å². The van der Waals surface area contributed by atoms with E-state index < -0.39 is 0 Å². The van der Waals surface area contributed by atoms with Crippen LogP contribution in [0.3, 0.4) is 0 Å². The van der Waals surface area contributed by atoms with E-state index in [9.17, 15) is 4.79 Å². The molecule has 0 saturated heterocycles. The second-order valence-electron chi connectivity index (χ2n) is 5.16. The molecule has 19 heavy (non-hydrogen) atoms. The van der Waals surface area contributed by atoms with E-state index in [1.807, 2.05) is 12.1 Å². The molecule has 0 aromatic heterocycles. The largest absolute Gasteiger partial charge is 0.494 e. The molecule has 1 fully saturated rings. The molecular formula is C16H22O3. The number of hydrogen-bond donors (Lipinski definition) is 0. The number of hydrogen-bond acceptors (Lipinski definition) is 3. The van der Waals surface area contributed by atoms with E-state index in [1.165, 1.54) is 39.2 Å². The maximum Gasteiger partial charge on any atom is 0.337 e. The van der Waals surface area contributed by atoms with Crippen LogP contribution in [0, 0.1) is 5.92 Å². The van der Waals surface area contributed by atoms with Crippen molar-refractivity contribution in [1.29, 1.82) is 0 Å².